The third-order valence-electron chi connectivity index (χ3n) is 5.39. The summed E-state index contributed by atoms with van der Waals surface area (Å²) in [7, 11) is 0. The number of halogens is 2. The molecule has 2 aromatic heterocycles. The van der Waals surface area contributed by atoms with E-state index in [0.717, 1.165) is 41.5 Å². The summed E-state index contributed by atoms with van der Waals surface area (Å²) in [6.45, 7) is 3.13. The van der Waals surface area contributed by atoms with Crippen LogP contribution >= 0.6 is 0 Å². The summed E-state index contributed by atoms with van der Waals surface area (Å²) in [4.78, 5) is 2.26. The van der Waals surface area contributed by atoms with Crippen molar-refractivity contribution in [3.63, 3.8) is 0 Å². The molecule has 0 bridgehead atoms. The Morgan fingerprint density at radius 3 is 2.43 bits per heavy atom. The Labute approximate surface area is 172 Å². The van der Waals surface area contributed by atoms with E-state index in [-0.39, 0.29) is 0 Å². The molecule has 152 valence electrons. The number of nitrogen functional groups attached to an aromatic ring is 1. The first-order valence-electron chi connectivity index (χ1n) is 9.75. The van der Waals surface area contributed by atoms with Gasteiger partial charge in [-0.15, -0.1) is 0 Å². The van der Waals surface area contributed by atoms with Gasteiger partial charge in [-0.05, 0) is 53.6 Å². The normalized spacial score (nSPS) is 14.4. The second kappa shape index (κ2) is 7.42. The first kappa shape index (κ1) is 18.6. The van der Waals surface area contributed by atoms with E-state index in [4.69, 9.17) is 10.5 Å². The molecule has 4 aromatic rings. The van der Waals surface area contributed by atoms with E-state index in [0.29, 0.717) is 30.0 Å². The topological polar surface area (TPSA) is 55.8 Å². The van der Waals surface area contributed by atoms with Crippen LogP contribution in [0.1, 0.15) is 0 Å². The predicted octanol–water partition coefficient (Wildman–Crippen LogP) is 4.37. The number of nitrogens with zero attached hydrogens (tertiary/aromatic N) is 3. The molecule has 5 rings (SSSR count). The molecule has 1 fully saturated rings. The van der Waals surface area contributed by atoms with Gasteiger partial charge >= 0.3 is 0 Å². The minimum absolute atomic E-state index is 0.302. The predicted molar refractivity (Wildman–Crippen MR) is 113 cm³/mol. The van der Waals surface area contributed by atoms with Crippen molar-refractivity contribution >= 4 is 16.9 Å². The first-order chi connectivity index (χ1) is 14.6. The number of morpholine rings is 1. The average molecular weight is 406 g/mol. The fraction of sp³-hybridized carbons (Fsp3) is 0.174. The van der Waals surface area contributed by atoms with Gasteiger partial charge in [-0.2, -0.15) is 5.10 Å². The Morgan fingerprint density at radius 1 is 0.900 bits per heavy atom. The van der Waals surface area contributed by atoms with E-state index in [1.54, 1.807) is 12.3 Å². The Bertz CT molecular complexity index is 1230. The van der Waals surface area contributed by atoms with E-state index in [9.17, 15) is 8.78 Å². The molecule has 0 aliphatic carbocycles. The molecule has 0 atom stereocenters. The van der Waals surface area contributed by atoms with Crippen molar-refractivity contribution in [3.05, 3.63) is 72.6 Å². The van der Waals surface area contributed by atoms with Crippen LogP contribution in [0.15, 0.2) is 60.9 Å². The highest BCUT2D eigenvalue weighted by Gasteiger charge is 2.15. The van der Waals surface area contributed by atoms with Crippen LogP contribution in [-0.2, 0) is 4.74 Å². The minimum Gasteiger partial charge on any atom is -0.399 e. The third-order valence-corrected chi connectivity index (χ3v) is 5.39. The lowest BCUT2D eigenvalue weighted by Gasteiger charge is -2.28. The van der Waals surface area contributed by atoms with Crippen LogP contribution in [0, 0.1) is 11.6 Å². The van der Waals surface area contributed by atoms with Crippen molar-refractivity contribution in [3.8, 4) is 22.3 Å². The van der Waals surface area contributed by atoms with Gasteiger partial charge in [0.15, 0.2) is 0 Å². The van der Waals surface area contributed by atoms with Crippen LogP contribution in [0.4, 0.5) is 20.2 Å². The van der Waals surface area contributed by atoms with Crippen LogP contribution in [0.2, 0.25) is 0 Å². The van der Waals surface area contributed by atoms with Gasteiger partial charge in [0.25, 0.3) is 0 Å². The van der Waals surface area contributed by atoms with E-state index in [2.05, 4.69) is 16.1 Å². The van der Waals surface area contributed by atoms with Gasteiger partial charge in [0, 0.05) is 36.0 Å². The van der Waals surface area contributed by atoms with E-state index in [1.807, 2.05) is 28.9 Å². The molecule has 0 amide bonds. The van der Waals surface area contributed by atoms with Crippen molar-refractivity contribution < 1.29 is 13.5 Å². The molecular formula is C23H20F2N4O. The summed E-state index contributed by atoms with van der Waals surface area (Å²) < 4.78 is 34.9. The monoisotopic (exact) mass is 406 g/mol. The highest BCUT2D eigenvalue weighted by atomic mass is 19.1. The Kier molecular flexibility index (Phi) is 4.59. The molecule has 2 N–H and O–H groups in total. The number of benzene rings is 2. The summed E-state index contributed by atoms with van der Waals surface area (Å²) >= 11 is 0. The van der Waals surface area contributed by atoms with E-state index >= 15 is 0 Å². The molecule has 0 saturated carbocycles. The van der Waals surface area contributed by atoms with Gasteiger partial charge in [0.2, 0.25) is 0 Å². The van der Waals surface area contributed by atoms with Crippen molar-refractivity contribution in [2.24, 2.45) is 0 Å². The molecule has 0 spiro atoms. The van der Waals surface area contributed by atoms with Crippen LogP contribution in [-0.4, -0.2) is 35.9 Å². The van der Waals surface area contributed by atoms with Gasteiger partial charge in [0.05, 0.1) is 36.8 Å². The molecular weight excluding hydrogens is 386 g/mol. The fourth-order valence-corrected chi connectivity index (χ4v) is 3.89. The average Bonchev–Trinajstić information content (AvgIpc) is 3.17. The highest BCUT2D eigenvalue weighted by Crippen LogP contribution is 2.33. The molecule has 0 radical (unpaired) electrons. The second-order valence-corrected chi connectivity index (χ2v) is 7.34. The molecule has 2 aromatic carbocycles. The van der Waals surface area contributed by atoms with Crippen molar-refractivity contribution in [2.45, 2.75) is 0 Å². The van der Waals surface area contributed by atoms with Crippen molar-refractivity contribution in [1.82, 2.24) is 9.61 Å². The summed E-state index contributed by atoms with van der Waals surface area (Å²) in [6, 6.07) is 13.0. The fourth-order valence-electron chi connectivity index (χ4n) is 3.89. The molecule has 1 aliphatic rings. The molecule has 30 heavy (non-hydrogen) atoms. The second-order valence-electron chi connectivity index (χ2n) is 7.34. The standard InChI is InChI=1S/C23H20F2N4O/c24-17-1-3-20(22(25)12-17)15-9-16(11-18(26)10-15)21-13-27-29-14-19(2-4-23(21)29)28-5-7-30-8-6-28/h1-4,9-14H,5-8,26H2. The Hall–Kier alpha value is -3.45. The zero-order valence-corrected chi connectivity index (χ0v) is 16.2. The molecule has 3 heterocycles. The summed E-state index contributed by atoms with van der Waals surface area (Å²) in [5.41, 5.74) is 11.2. The molecule has 0 unspecified atom stereocenters. The minimum atomic E-state index is -0.624. The molecule has 1 saturated heterocycles. The van der Waals surface area contributed by atoms with E-state index in [1.165, 1.54) is 12.1 Å². The SMILES string of the molecule is Nc1cc(-c2ccc(F)cc2F)cc(-c2cnn3cc(N4CCOCC4)ccc23)c1. The zero-order chi connectivity index (χ0) is 20.7. The van der Waals surface area contributed by atoms with Crippen LogP contribution in [0.3, 0.4) is 0 Å². The number of nitrogens with two attached hydrogens (primary N) is 1. The summed E-state index contributed by atoms with van der Waals surface area (Å²) in [5.74, 6) is -1.24. The van der Waals surface area contributed by atoms with Crippen molar-refractivity contribution in [1.29, 1.82) is 0 Å². The number of rotatable bonds is 3. The summed E-state index contributed by atoms with van der Waals surface area (Å²) in [6.07, 6.45) is 3.77. The largest absolute Gasteiger partial charge is 0.399 e. The number of pyridine rings is 1. The van der Waals surface area contributed by atoms with Crippen molar-refractivity contribution in [2.75, 3.05) is 36.9 Å². The highest BCUT2D eigenvalue weighted by molar-refractivity contribution is 5.85. The molecule has 7 heteroatoms. The lowest BCUT2D eigenvalue weighted by atomic mass is 9.98. The van der Waals surface area contributed by atoms with Crippen LogP contribution < -0.4 is 10.6 Å². The number of fused-ring (bicyclic) bond motifs is 1. The van der Waals surface area contributed by atoms with Gasteiger partial charge in [-0.1, -0.05) is 0 Å². The van der Waals surface area contributed by atoms with Gasteiger partial charge in [0.1, 0.15) is 11.6 Å². The van der Waals surface area contributed by atoms with Crippen LogP contribution in [0.5, 0.6) is 0 Å². The third kappa shape index (κ3) is 3.37. The smallest absolute Gasteiger partial charge is 0.133 e. The quantitative estimate of drug-likeness (QED) is 0.514. The maximum absolute atomic E-state index is 14.3. The number of hydrogen-bond acceptors (Lipinski definition) is 4. The lowest BCUT2D eigenvalue weighted by Crippen LogP contribution is -2.36. The zero-order valence-electron chi connectivity index (χ0n) is 16.2. The summed E-state index contributed by atoms with van der Waals surface area (Å²) in [5, 5.41) is 4.51. The van der Waals surface area contributed by atoms with Gasteiger partial charge in [-0.3, -0.25) is 0 Å². The number of hydrogen-bond donors (Lipinski definition) is 1. The van der Waals surface area contributed by atoms with Crippen LogP contribution in [0.25, 0.3) is 27.8 Å². The molecule has 1 aliphatic heterocycles. The maximum atomic E-state index is 14.3. The number of anilines is 2. The molecule has 5 nitrogen and oxygen atoms in total. The number of ether oxygens (including phenoxy) is 1. The van der Waals surface area contributed by atoms with Gasteiger partial charge in [-0.25, -0.2) is 13.3 Å². The van der Waals surface area contributed by atoms with E-state index < -0.39 is 11.6 Å². The number of aromatic nitrogens is 2. The Morgan fingerprint density at radius 2 is 1.67 bits per heavy atom. The van der Waals surface area contributed by atoms with Gasteiger partial charge < -0.3 is 15.4 Å². The lowest BCUT2D eigenvalue weighted by molar-refractivity contribution is 0.122. The Balaban J connectivity index is 1.56. The maximum Gasteiger partial charge on any atom is 0.133 e. The first-order valence-corrected chi connectivity index (χ1v) is 9.75.